The maximum atomic E-state index is 6.02. The lowest BCUT2D eigenvalue weighted by Gasteiger charge is -2.01. The van der Waals surface area contributed by atoms with Gasteiger partial charge in [-0.05, 0) is 50.1 Å². The minimum atomic E-state index is 0.715. The molecule has 0 fully saturated rings. The number of pyridine rings is 1. The minimum absolute atomic E-state index is 0.715. The van der Waals surface area contributed by atoms with Crippen molar-refractivity contribution in [1.82, 2.24) is 4.98 Å². The summed E-state index contributed by atoms with van der Waals surface area (Å²) in [6, 6.07) is 5.70. The van der Waals surface area contributed by atoms with Crippen LogP contribution in [-0.4, -0.2) is 4.98 Å². The van der Waals surface area contributed by atoms with Crippen molar-refractivity contribution >= 4 is 54.4 Å². The van der Waals surface area contributed by atoms with Gasteiger partial charge in [0.1, 0.15) is 0 Å². The molecule has 1 nitrogen and oxygen atoms in total. The molecular weight excluding hydrogens is 317 g/mol. The molecule has 13 heavy (non-hydrogen) atoms. The molecule has 0 aliphatic carbocycles. The number of nitrogens with zero attached hydrogens (tertiary/aromatic N) is 1. The van der Waals surface area contributed by atoms with E-state index < -0.39 is 0 Å². The molecule has 0 saturated carbocycles. The Hall–Kier alpha value is -0.120. The molecule has 0 atom stereocenters. The lowest BCUT2D eigenvalue weighted by Crippen LogP contribution is -1.81. The van der Waals surface area contributed by atoms with Gasteiger partial charge in [0, 0.05) is 20.5 Å². The molecule has 0 spiro atoms. The zero-order chi connectivity index (χ0) is 9.42. The highest BCUT2D eigenvalue weighted by Gasteiger charge is 2.03. The Balaban J connectivity index is 2.92. The fraction of sp³-hybridized carbons (Fsp3) is 0. The first kappa shape index (κ1) is 9.44. The third-order valence-electron chi connectivity index (χ3n) is 1.71. The lowest BCUT2D eigenvalue weighted by molar-refractivity contribution is 1.38. The standard InChI is InChI=1S/C9H4Br2ClN/c10-5-3-6-8(12)2-1-7(11)9(6)13-4-5/h1-4H. The first-order chi connectivity index (χ1) is 6.18. The van der Waals surface area contributed by atoms with Crippen LogP contribution in [0.1, 0.15) is 0 Å². The SMILES string of the molecule is Clc1ccc(Br)c2ncc(Br)cc12. The van der Waals surface area contributed by atoms with Crippen LogP contribution in [-0.2, 0) is 0 Å². The van der Waals surface area contributed by atoms with Crippen molar-refractivity contribution in [2.75, 3.05) is 0 Å². The van der Waals surface area contributed by atoms with E-state index in [1.807, 2.05) is 18.2 Å². The van der Waals surface area contributed by atoms with E-state index in [9.17, 15) is 0 Å². The van der Waals surface area contributed by atoms with Crippen molar-refractivity contribution < 1.29 is 0 Å². The molecule has 0 aliphatic rings. The van der Waals surface area contributed by atoms with Gasteiger partial charge in [-0.3, -0.25) is 4.98 Å². The first-order valence-corrected chi connectivity index (χ1v) is 5.54. The summed E-state index contributed by atoms with van der Waals surface area (Å²) in [5.74, 6) is 0. The minimum Gasteiger partial charge on any atom is -0.254 e. The summed E-state index contributed by atoms with van der Waals surface area (Å²) in [4.78, 5) is 4.26. The van der Waals surface area contributed by atoms with Gasteiger partial charge >= 0.3 is 0 Å². The predicted octanol–water partition coefficient (Wildman–Crippen LogP) is 4.41. The molecule has 1 aromatic carbocycles. The van der Waals surface area contributed by atoms with Crippen LogP contribution in [0.25, 0.3) is 10.9 Å². The number of halogens is 3. The van der Waals surface area contributed by atoms with E-state index in [1.54, 1.807) is 6.20 Å². The second kappa shape index (κ2) is 3.56. The lowest BCUT2D eigenvalue weighted by atomic mass is 10.2. The normalized spacial score (nSPS) is 10.7. The molecule has 1 aromatic heterocycles. The van der Waals surface area contributed by atoms with Crippen LogP contribution in [0, 0.1) is 0 Å². The molecule has 1 heterocycles. The van der Waals surface area contributed by atoms with E-state index in [0.717, 1.165) is 19.8 Å². The molecule has 4 heteroatoms. The van der Waals surface area contributed by atoms with Gasteiger partial charge < -0.3 is 0 Å². The van der Waals surface area contributed by atoms with Crippen LogP contribution in [0.5, 0.6) is 0 Å². The highest BCUT2D eigenvalue weighted by Crippen LogP contribution is 2.29. The fourth-order valence-corrected chi connectivity index (χ4v) is 2.11. The van der Waals surface area contributed by atoms with Crippen molar-refractivity contribution in [2.45, 2.75) is 0 Å². The molecule has 0 amide bonds. The number of hydrogen-bond donors (Lipinski definition) is 0. The van der Waals surface area contributed by atoms with E-state index in [4.69, 9.17) is 11.6 Å². The van der Waals surface area contributed by atoms with Crippen LogP contribution < -0.4 is 0 Å². The quantitative estimate of drug-likeness (QED) is 0.700. The maximum Gasteiger partial charge on any atom is 0.0859 e. The Morgan fingerprint density at radius 2 is 2.00 bits per heavy atom. The molecule has 0 aliphatic heterocycles. The van der Waals surface area contributed by atoms with Crippen molar-refractivity contribution in [3.63, 3.8) is 0 Å². The number of benzene rings is 1. The van der Waals surface area contributed by atoms with Crippen molar-refractivity contribution in [1.29, 1.82) is 0 Å². The second-order valence-electron chi connectivity index (χ2n) is 2.58. The number of aromatic nitrogens is 1. The molecule has 0 N–H and O–H groups in total. The van der Waals surface area contributed by atoms with Crippen LogP contribution >= 0.6 is 43.5 Å². The van der Waals surface area contributed by atoms with E-state index in [2.05, 4.69) is 36.8 Å². The number of rotatable bonds is 0. The Morgan fingerprint density at radius 1 is 1.23 bits per heavy atom. The Labute approximate surface area is 97.4 Å². The molecule has 0 saturated heterocycles. The molecule has 2 aromatic rings. The summed E-state index contributed by atoms with van der Waals surface area (Å²) in [5, 5.41) is 1.66. The zero-order valence-corrected chi connectivity index (χ0v) is 10.3. The predicted molar refractivity (Wildman–Crippen MR) is 62.2 cm³/mol. The number of fused-ring (bicyclic) bond motifs is 1. The van der Waals surface area contributed by atoms with Crippen LogP contribution in [0.15, 0.2) is 33.3 Å². The van der Waals surface area contributed by atoms with Gasteiger partial charge in [0.05, 0.1) is 10.5 Å². The molecule has 2 rings (SSSR count). The van der Waals surface area contributed by atoms with Gasteiger partial charge in [-0.15, -0.1) is 0 Å². The topological polar surface area (TPSA) is 12.9 Å². The number of hydrogen-bond acceptors (Lipinski definition) is 1. The van der Waals surface area contributed by atoms with E-state index >= 15 is 0 Å². The van der Waals surface area contributed by atoms with Crippen molar-refractivity contribution in [3.8, 4) is 0 Å². The van der Waals surface area contributed by atoms with Gasteiger partial charge in [-0.25, -0.2) is 0 Å². The van der Waals surface area contributed by atoms with Crippen LogP contribution in [0.3, 0.4) is 0 Å². The summed E-state index contributed by atoms with van der Waals surface area (Å²) >= 11 is 12.8. The highest BCUT2D eigenvalue weighted by atomic mass is 79.9. The fourth-order valence-electron chi connectivity index (χ4n) is 1.13. The summed E-state index contributed by atoms with van der Waals surface area (Å²) in [7, 11) is 0. The molecule has 0 radical (unpaired) electrons. The summed E-state index contributed by atoms with van der Waals surface area (Å²) in [6.07, 6.45) is 1.75. The molecule has 66 valence electrons. The average molecular weight is 321 g/mol. The maximum absolute atomic E-state index is 6.02. The highest BCUT2D eigenvalue weighted by molar-refractivity contribution is 9.11. The zero-order valence-electron chi connectivity index (χ0n) is 6.39. The van der Waals surface area contributed by atoms with E-state index in [1.165, 1.54) is 0 Å². The van der Waals surface area contributed by atoms with Crippen LogP contribution in [0.2, 0.25) is 5.02 Å². The van der Waals surface area contributed by atoms with Gasteiger partial charge in [-0.2, -0.15) is 0 Å². The third kappa shape index (κ3) is 1.73. The smallest absolute Gasteiger partial charge is 0.0859 e. The van der Waals surface area contributed by atoms with Crippen molar-refractivity contribution in [3.05, 3.63) is 38.4 Å². The van der Waals surface area contributed by atoms with Gasteiger partial charge in [0.2, 0.25) is 0 Å². The molecule has 0 unspecified atom stereocenters. The van der Waals surface area contributed by atoms with Gasteiger partial charge in [0.15, 0.2) is 0 Å². The summed E-state index contributed by atoms with van der Waals surface area (Å²) in [5.41, 5.74) is 0.885. The van der Waals surface area contributed by atoms with Gasteiger partial charge in [0.25, 0.3) is 0 Å². The Kier molecular flexibility index (Phi) is 2.58. The Morgan fingerprint density at radius 3 is 2.77 bits per heavy atom. The average Bonchev–Trinajstić information content (AvgIpc) is 2.12. The summed E-state index contributed by atoms with van der Waals surface area (Å²) < 4.78 is 1.89. The first-order valence-electron chi connectivity index (χ1n) is 3.58. The van der Waals surface area contributed by atoms with E-state index in [-0.39, 0.29) is 0 Å². The summed E-state index contributed by atoms with van der Waals surface area (Å²) in [6.45, 7) is 0. The van der Waals surface area contributed by atoms with Crippen LogP contribution in [0.4, 0.5) is 0 Å². The second-order valence-corrected chi connectivity index (χ2v) is 4.76. The third-order valence-corrected chi connectivity index (χ3v) is 3.12. The van der Waals surface area contributed by atoms with E-state index in [0.29, 0.717) is 5.02 Å². The van der Waals surface area contributed by atoms with Gasteiger partial charge in [-0.1, -0.05) is 11.6 Å². The molecular formula is C9H4Br2ClN. The van der Waals surface area contributed by atoms with Crippen molar-refractivity contribution in [2.24, 2.45) is 0 Å². The molecule has 0 bridgehead atoms. The Bertz CT molecular complexity index is 470. The monoisotopic (exact) mass is 319 g/mol. The largest absolute Gasteiger partial charge is 0.254 e.